The molecule has 1 N–H and O–H groups in total. The largest absolute Gasteiger partial charge is 0.307 e. The van der Waals surface area contributed by atoms with Crippen molar-refractivity contribution in [2.24, 2.45) is 11.8 Å². The van der Waals surface area contributed by atoms with E-state index < -0.39 is 0 Å². The summed E-state index contributed by atoms with van der Waals surface area (Å²) in [6.07, 6.45) is 1.20. The Labute approximate surface area is 96.9 Å². The van der Waals surface area contributed by atoms with Crippen LogP contribution in [0.3, 0.4) is 0 Å². The van der Waals surface area contributed by atoms with Crippen LogP contribution in [0, 0.1) is 11.8 Å². The van der Waals surface area contributed by atoms with E-state index in [2.05, 4.69) is 44.5 Å². The second-order valence-corrected chi connectivity index (χ2v) is 6.11. The van der Waals surface area contributed by atoms with Crippen LogP contribution in [0.4, 0.5) is 0 Å². The molecule has 15 heavy (non-hydrogen) atoms. The number of rotatable bonds is 2. The van der Waals surface area contributed by atoms with Crippen molar-refractivity contribution in [3.63, 3.8) is 0 Å². The summed E-state index contributed by atoms with van der Waals surface area (Å²) in [6, 6.07) is 2.33. The molecule has 0 fully saturated rings. The van der Waals surface area contributed by atoms with Crippen molar-refractivity contribution in [1.29, 1.82) is 0 Å². The van der Waals surface area contributed by atoms with Crippen LogP contribution in [0.25, 0.3) is 0 Å². The van der Waals surface area contributed by atoms with E-state index in [4.69, 9.17) is 0 Å². The van der Waals surface area contributed by atoms with Gasteiger partial charge in [-0.15, -0.1) is 11.3 Å². The van der Waals surface area contributed by atoms with Gasteiger partial charge in [-0.05, 0) is 35.3 Å². The minimum absolute atomic E-state index is 0.202. The molecule has 1 nitrogen and oxygen atoms in total. The summed E-state index contributed by atoms with van der Waals surface area (Å²) in [4.78, 5) is 1.59. The Kier molecular flexibility index (Phi) is 2.91. The summed E-state index contributed by atoms with van der Waals surface area (Å²) in [5, 5.41) is 6.03. The molecule has 0 aliphatic carbocycles. The zero-order valence-electron chi connectivity index (χ0n) is 10.1. The van der Waals surface area contributed by atoms with Gasteiger partial charge in [0.05, 0.1) is 0 Å². The lowest BCUT2D eigenvalue weighted by atomic mass is 9.70. The second-order valence-electron chi connectivity index (χ2n) is 5.11. The Bertz CT molecular complexity index is 330. The van der Waals surface area contributed by atoms with Gasteiger partial charge in [-0.3, -0.25) is 0 Å². The Morgan fingerprint density at radius 3 is 2.53 bits per heavy atom. The maximum absolute atomic E-state index is 3.78. The monoisotopic (exact) mass is 223 g/mol. The first-order chi connectivity index (χ1) is 7.09. The summed E-state index contributed by atoms with van der Waals surface area (Å²) < 4.78 is 0. The summed E-state index contributed by atoms with van der Waals surface area (Å²) in [5.74, 6) is 1.29. The van der Waals surface area contributed by atoms with Crippen molar-refractivity contribution in [3.8, 4) is 0 Å². The molecule has 84 valence electrons. The fourth-order valence-electron chi connectivity index (χ4n) is 3.08. The van der Waals surface area contributed by atoms with Gasteiger partial charge in [-0.2, -0.15) is 0 Å². The highest BCUT2D eigenvalue weighted by molar-refractivity contribution is 7.10. The van der Waals surface area contributed by atoms with Gasteiger partial charge in [0.25, 0.3) is 0 Å². The summed E-state index contributed by atoms with van der Waals surface area (Å²) in [6.45, 7) is 10.5. The normalized spacial score (nSPS) is 19.6. The fraction of sp³-hybridized carbons (Fsp3) is 0.692. The molecular formula is C13H21NS. The lowest BCUT2D eigenvalue weighted by Crippen LogP contribution is -2.54. The molecule has 1 aromatic heterocycles. The van der Waals surface area contributed by atoms with Gasteiger partial charge < -0.3 is 5.32 Å². The predicted octanol–water partition coefficient (Wildman–Crippen LogP) is 3.40. The Morgan fingerprint density at radius 2 is 1.93 bits per heavy atom. The summed E-state index contributed by atoms with van der Waals surface area (Å²) in [5.41, 5.74) is 1.76. The van der Waals surface area contributed by atoms with Crippen molar-refractivity contribution < 1.29 is 0 Å². The molecule has 1 aliphatic heterocycles. The van der Waals surface area contributed by atoms with Crippen LogP contribution in [0.1, 0.15) is 38.1 Å². The number of hydrogen-bond acceptors (Lipinski definition) is 2. The van der Waals surface area contributed by atoms with Crippen LogP contribution < -0.4 is 5.32 Å². The molecule has 2 heteroatoms. The smallest absolute Gasteiger partial charge is 0.0492 e. The third kappa shape index (κ3) is 1.55. The van der Waals surface area contributed by atoms with E-state index in [9.17, 15) is 0 Å². The average Bonchev–Trinajstić information content (AvgIpc) is 2.63. The maximum atomic E-state index is 3.78. The highest BCUT2D eigenvalue weighted by Crippen LogP contribution is 2.42. The van der Waals surface area contributed by atoms with Crippen molar-refractivity contribution in [1.82, 2.24) is 5.32 Å². The average molecular weight is 223 g/mol. The van der Waals surface area contributed by atoms with Crippen molar-refractivity contribution in [2.45, 2.75) is 39.7 Å². The second kappa shape index (κ2) is 3.91. The molecule has 0 radical (unpaired) electrons. The van der Waals surface area contributed by atoms with Gasteiger partial charge in [0.15, 0.2) is 0 Å². The molecule has 0 aromatic carbocycles. The first-order valence-electron chi connectivity index (χ1n) is 5.91. The maximum Gasteiger partial charge on any atom is 0.0492 e. The molecule has 0 amide bonds. The lowest BCUT2D eigenvalue weighted by molar-refractivity contribution is 0.156. The zero-order chi connectivity index (χ0) is 11.1. The van der Waals surface area contributed by atoms with E-state index in [1.54, 1.807) is 10.4 Å². The van der Waals surface area contributed by atoms with Crippen molar-refractivity contribution in [2.75, 3.05) is 6.54 Å². The highest BCUT2D eigenvalue weighted by atomic mass is 32.1. The topological polar surface area (TPSA) is 12.0 Å². The van der Waals surface area contributed by atoms with E-state index in [-0.39, 0.29) is 5.54 Å². The lowest BCUT2D eigenvalue weighted by Gasteiger charge is -2.45. The van der Waals surface area contributed by atoms with Crippen molar-refractivity contribution >= 4 is 11.3 Å². The number of nitrogens with one attached hydrogen (secondary N) is 1. The van der Waals surface area contributed by atoms with Crippen LogP contribution >= 0.6 is 11.3 Å². The minimum Gasteiger partial charge on any atom is -0.307 e. The molecule has 0 saturated carbocycles. The van der Waals surface area contributed by atoms with Gasteiger partial charge in [-0.25, -0.2) is 0 Å². The van der Waals surface area contributed by atoms with E-state index in [0.717, 1.165) is 6.54 Å². The molecule has 0 saturated heterocycles. The number of hydrogen-bond donors (Lipinski definition) is 1. The third-order valence-electron chi connectivity index (χ3n) is 3.78. The number of thiophene rings is 1. The van der Waals surface area contributed by atoms with Gasteiger partial charge in [0.2, 0.25) is 0 Å². The molecule has 2 rings (SSSR count). The molecule has 1 aliphatic rings. The zero-order valence-corrected chi connectivity index (χ0v) is 10.9. The fourth-order valence-corrected chi connectivity index (χ4v) is 4.03. The van der Waals surface area contributed by atoms with Crippen LogP contribution in [0.2, 0.25) is 0 Å². The van der Waals surface area contributed by atoms with Crippen LogP contribution in [0.5, 0.6) is 0 Å². The van der Waals surface area contributed by atoms with Gasteiger partial charge in [0, 0.05) is 17.0 Å². The van der Waals surface area contributed by atoms with Gasteiger partial charge in [-0.1, -0.05) is 27.7 Å². The molecule has 2 heterocycles. The van der Waals surface area contributed by atoms with E-state index in [0.29, 0.717) is 11.8 Å². The Balaban J connectivity index is 2.52. The minimum atomic E-state index is 0.202. The van der Waals surface area contributed by atoms with E-state index in [1.165, 1.54) is 6.42 Å². The predicted molar refractivity (Wildman–Crippen MR) is 67.4 cm³/mol. The van der Waals surface area contributed by atoms with Gasteiger partial charge >= 0.3 is 0 Å². The summed E-state index contributed by atoms with van der Waals surface area (Å²) in [7, 11) is 0. The van der Waals surface area contributed by atoms with Crippen LogP contribution in [-0.2, 0) is 12.0 Å². The third-order valence-corrected chi connectivity index (χ3v) is 4.76. The molecule has 0 unspecified atom stereocenters. The first kappa shape index (κ1) is 11.2. The Morgan fingerprint density at radius 1 is 1.27 bits per heavy atom. The molecular weight excluding hydrogens is 202 g/mol. The summed E-state index contributed by atoms with van der Waals surface area (Å²) >= 11 is 1.92. The molecule has 0 atom stereocenters. The van der Waals surface area contributed by atoms with Crippen LogP contribution in [0.15, 0.2) is 11.4 Å². The van der Waals surface area contributed by atoms with Gasteiger partial charge in [0.1, 0.15) is 0 Å². The SMILES string of the molecule is CC(C)C1(C(C)C)NCCc2sccc21. The molecule has 1 aromatic rings. The van der Waals surface area contributed by atoms with Crippen molar-refractivity contribution in [3.05, 3.63) is 21.9 Å². The quantitative estimate of drug-likeness (QED) is 0.810. The highest BCUT2D eigenvalue weighted by Gasteiger charge is 2.42. The van der Waals surface area contributed by atoms with Crippen LogP contribution in [-0.4, -0.2) is 6.54 Å². The Hall–Kier alpha value is -0.340. The molecule has 0 bridgehead atoms. The molecule has 0 spiro atoms. The van der Waals surface area contributed by atoms with E-state index in [1.807, 2.05) is 11.3 Å². The number of fused-ring (bicyclic) bond motifs is 1. The first-order valence-corrected chi connectivity index (χ1v) is 6.79. The van der Waals surface area contributed by atoms with E-state index >= 15 is 0 Å². The standard InChI is InChI=1S/C13H21NS/c1-9(2)13(10(3)4)11-6-8-15-12(11)5-7-14-13/h6,8-10,14H,5,7H2,1-4H3.